The maximum absolute atomic E-state index is 5.74. The summed E-state index contributed by atoms with van der Waals surface area (Å²) >= 11 is 0. The fourth-order valence-corrected chi connectivity index (χ4v) is 3.35. The Labute approximate surface area is 139 Å². The van der Waals surface area contributed by atoms with Crippen LogP contribution in [0.1, 0.15) is 42.5 Å². The first kappa shape index (κ1) is 13.8. The summed E-state index contributed by atoms with van der Waals surface area (Å²) in [5.41, 5.74) is 2.10. The van der Waals surface area contributed by atoms with E-state index < -0.39 is 0 Å². The summed E-state index contributed by atoms with van der Waals surface area (Å²) in [6.07, 6.45) is 3.41. The second-order valence-electron chi connectivity index (χ2n) is 6.57. The van der Waals surface area contributed by atoms with Gasteiger partial charge in [-0.05, 0) is 43.0 Å². The fourth-order valence-electron chi connectivity index (χ4n) is 3.35. The number of aromatic nitrogens is 4. The minimum absolute atomic E-state index is 0.441. The standard InChI is InChI=1S/C18H19N5O/c1-2-4-15-14(3-1)13(9-10-24-15)11-19-16-7-8-17-20-21-18(12-5-6-12)23(17)22-16/h1-4,7-8,12-13H,5-6,9-11H2,(H,19,22). The molecule has 1 fully saturated rings. The molecule has 6 nitrogen and oxygen atoms in total. The molecule has 2 aliphatic rings. The first-order chi connectivity index (χ1) is 11.9. The van der Waals surface area contributed by atoms with Crippen LogP contribution in [-0.2, 0) is 0 Å². The van der Waals surface area contributed by atoms with Crippen LogP contribution in [0.15, 0.2) is 36.4 Å². The van der Waals surface area contributed by atoms with Crippen LogP contribution in [0.3, 0.4) is 0 Å². The Morgan fingerprint density at radius 1 is 1.08 bits per heavy atom. The van der Waals surface area contributed by atoms with Gasteiger partial charge in [-0.3, -0.25) is 0 Å². The molecule has 122 valence electrons. The Balaban J connectivity index is 1.37. The van der Waals surface area contributed by atoms with Crippen molar-refractivity contribution in [1.29, 1.82) is 0 Å². The Kier molecular flexibility index (Phi) is 3.14. The molecule has 5 rings (SSSR count). The number of para-hydroxylation sites is 1. The van der Waals surface area contributed by atoms with Crippen molar-refractivity contribution in [1.82, 2.24) is 19.8 Å². The van der Waals surface area contributed by atoms with Gasteiger partial charge in [0.1, 0.15) is 11.6 Å². The van der Waals surface area contributed by atoms with Crippen LogP contribution < -0.4 is 10.1 Å². The van der Waals surface area contributed by atoms with Crippen molar-refractivity contribution in [3.63, 3.8) is 0 Å². The van der Waals surface area contributed by atoms with Gasteiger partial charge in [-0.1, -0.05) is 18.2 Å². The van der Waals surface area contributed by atoms with Gasteiger partial charge in [-0.15, -0.1) is 15.3 Å². The molecule has 1 saturated carbocycles. The molecule has 1 aliphatic carbocycles. The van der Waals surface area contributed by atoms with Crippen molar-refractivity contribution >= 4 is 11.5 Å². The summed E-state index contributed by atoms with van der Waals surface area (Å²) in [7, 11) is 0. The predicted molar refractivity (Wildman–Crippen MR) is 90.5 cm³/mol. The molecular weight excluding hydrogens is 302 g/mol. The third kappa shape index (κ3) is 2.38. The highest BCUT2D eigenvalue weighted by atomic mass is 16.5. The Hall–Kier alpha value is -2.63. The summed E-state index contributed by atoms with van der Waals surface area (Å²) < 4.78 is 7.62. The number of anilines is 1. The number of nitrogens with zero attached hydrogens (tertiary/aromatic N) is 4. The van der Waals surface area contributed by atoms with E-state index in [0.29, 0.717) is 11.8 Å². The molecule has 0 bridgehead atoms. The quantitative estimate of drug-likeness (QED) is 0.800. The molecule has 1 aliphatic heterocycles. The molecule has 0 amide bonds. The van der Waals surface area contributed by atoms with Gasteiger partial charge in [0, 0.05) is 18.4 Å². The van der Waals surface area contributed by atoms with E-state index in [-0.39, 0.29) is 0 Å². The number of fused-ring (bicyclic) bond motifs is 2. The zero-order valence-corrected chi connectivity index (χ0v) is 13.4. The third-order valence-electron chi connectivity index (χ3n) is 4.84. The van der Waals surface area contributed by atoms with Crippen LogP contribution in [0.4, 0.5) is 5.82 Å². The Bertz CT molecular complexity index is 886. The van der Waals surface area contributed by atoms with Gasteiger partial charge in [0.2, 0.25) is 0 Å². The molecule has 3 aromatic rings. The van der Waals surface area contributed by atoms with Gasteiger partial charge < -0.3 is 10.1 Å². The lowest BCUT2D eigenvalue weighted by Gasteiger charge is -2.26. The molecule has 6 heteroatoms. The van der Waals surface area contributed by atoms with E-state index in [9.17, 15) is 0 Å². The number of hydrogen-bond donors (Lipinski definition) is 1. The van der Waals surface area contributed by atoms with Crippen LogP contribution in [-0.4, -0.2) is 33.0 Å². The van der Waals surface area contributed by atoms with E-state index in [1.165, 1.54) is 18.4 Å². The second kappa shape index (κ2) is 5.47. The van der Waals surface area contributed by atoms with E-state index in [1.807, 2.05) is 28.8 Å². The molecule has 1 N–H and O–H groups in total. The largest absolute Gasteiger partial charge is 0.493 e. The minimum Gasteiger partial charge on any atom is -0.493 e. The maximum Gasteiger partial charge on any atom is 0.178 e. The van der Waals surface area contributed by atoms with Crippen molar-refractivity contribution in [3.8, 4) is 5.75 Å². The van der Waals surface area contributed by atoms with E-state index in [0.717, 1.165) is 42.6 Å². The van der Waals surface area contributed by atoms with Gasteiger partial charge in [-0.2, -0.15) is 4.52 Å². The Morgan fingerprint density at radius 2 is 2.00 bits per heavy atom. The number of hydrogen-bond acceptors (Lipinski definition) is 5. The van der Waals surface area contributed by atoms with Crippen molar-refractivity contribution in [3.05, 3.63) is 47.8 Å². The second-order valence-corrected chi connectivity index (χ2v) is 6.57. The van der Waals surface area contributed by atoms with Gasteiger partial charge in [-0.25, -0.2) is 0 Å². The number of rotatable bonds is 4. The lowest BCUT2D eigenvalue weighted by atomic mass is 9.93. The molecule has 1 atom stereocenters. The normalized spacial score (nSPS) is 19.8. The summed E-state index contributed by atoms with van der Waals surface area (Å²) in [6, 6.07) is 12.3. The van der Waals surface area contributed by atoms with Crippen molar-refractivity contribution in [2.45, 2.75) is 31.1 Å². The minimum atomic E-state index is 0.441. The summed E-state index contributed by atoms with van der Waals surface area (Å²) in [6.45, 7) is 1.62. The fraction of sp³-hybridized carbons (Fsp3) is 0.389. The topological polar surface area (TPSA) is 64.3 Å². The van der Waals surface area contributed by atoms with Gasteiger partial charge in [0.15, 0.2) is 11.5 Å². The monoisotopic (exact) mass is 321 g/mol. The number of benzene rings is 1. The van der Waals surface area contributed by atoms with Gasteiger partial charge >= 0.3 is 0 Å². The third-order valence-corrected chi connectivity index (χ3v) is 4.84. The molecule has 0 radical (unpaired) electrons. The van der Waals surface area contributed by atoms with Gasteiger partial charge in [0.05, 0.1) is 6.61 Å². The summed E-state index contributed by atoms with van der Waals surface area (Å²) in [5, 5.41) is 16.7. The molecule has 1 unspecified atom stereocenters. The maximum atomic E-state index is 5.74. The molecule has 0 spiro atoms. The Morgan fingerprint density at radius 3 is 2.92 bits per heavy atom. The zero-order chi connectivity index (χ0) is 15.9. The zero-order valence-electron chi connectivity index (χ0n) is 13.4. The van der Waals surface area contributed by atoms with Crippen LogP contribution in [0.2, 0.25) is 0 Å². The molecule has 2 aromatic heterocycles. The molecule has 1 aromatic carbocycles. The summed E-state index contributed by atoms with van der Waals surface area (Å²) in [4.78, 5) is 0. The van der Waals surface area contributed by atoms with Crippen molar-refractivity contribution in [2.24, 2.45) is 0 Å². The van der Waals surface area contributed by atoms with E-state index >= 15 is 0 Å². The average molecular weight is 321 g/mol. The predicted octanol–water partition coefficient (Wildman–Crippen LogP) is 2.98. The SMILES string of the molecule is c1ccc2c(c1)OCCC2CNc1ccc2nnc(C3CC3)n2n1. The highest BCUT2D eigenvalue weighted by Gasteiger charge is 2.29. The first-order valence-electron chi connectivity index (χ1n) is 8.56. The van der Waals surface area contributed by atoms with Crippen molar-refractivity contribution < 1.29 is 4.74 Å². The lowest BCUT2D eigenvalue weighted by Crippen LogP contribution is -2.21. The number of ether oxygens (including phenoxy) is 1. The molecule has 24 heavy (non-hydrogen) atoms. The van der Waals surface area contributed by atoms with Crippen molar-refractivity contribution in [2.75, 3.05) is 18.5 Å². The van der Waals surface area contributed by atoms with Crippen LogP contribution in [0.25, 0.3) is 5.65 Å². The highest BCUT2D eigenvalue weighted by Crippen LogP contribution is 2.38. The lowest BCUT2D eigenvalue weighted by molar-refractivity contribution is 0.270. The molecule has 3 heterocycles. The average Bonchev–Trinajstić information content (AvgIpc) is 3.39. The highest BCUT2D eigenvalue weighted by molar-refractivity contribution is 5.45. The van der Waals surface area contributed by atoms with Crippen LogP contribution in [0, 0.1) is 0 Å². The smallest absolute Gasteiger partial charge is 0.178 e. The summed E-state index contributed by atoms with van der Waals surface area (Å²) in [5.74, 6) is 3.84. The first-order valence-corrected chi connectivity index (χ1v) is 8.56. The van der Waals surface area contributed by atoms with E-state index in [1.54, 1.807) is 0 Å². The molecular formula is C18H19N5O. The van der Waals surface area contributed by atoms with E-state index in [2.05, 4.69) is 32.7 Å². The number of nitrogens with one attached hydrogen (secondary N) is 1. The van der Waals surface area contributed by atoms with E-state index in [4.69, 9.17) is 4.74 Å². The van der Waals surface area contributed by atoms with Crippen LogP contribution >= 0.6 is 0 Å². The van der Waals surface area contributed by atoms with Gasteiger partial charge in [0.25, 0.3) is 0 Å². The molecule has 0 saturated heterocycles. The van der Waals surface area contributed by atoms with Crippen LogP contribution in [0.5, 0.6) is 5.75 Å².